The quantitative estimate of drug-likeness (QED) is 0.609. The third-order valence-electron chi connectivity index (χ3n) is 4.77. The second-order valence-corrected chi connectivity index (χ2v) is 9.00. The fourth-order valence-electron chi connectivity index (χ4n) is 3.26. The molecule has 3 aromatic rings. The minimum Gasteiger partial charge on any atom is -0.486 e. The van der Waals surface area contributed by atoms with E-state index in [1.54, 1.807) is 30.0 Å². The smallest absolute Gasteiger partial charge is 0.339 e. The molecule has 166 valence electrons. The molecule has 1 aliphatic heterocycles. The minimum absolute atomic E-state index is 0.180. The second kappa shape index (κ2) is 8.46. The van der Waals surface area contributed by atoms with E-state index in [-0.39, 0.29) is 22.6 Å². The van der Waals surface area contributed by atoms with E-state index >= 15 is 0 Å². The molecule has 4 rings (SSSR count). The first-order chi connectivity index (χ1) is 15.2. The lowest BCUT2D eigenvalue weighted by Gasteiger charge is -2.39. The predicted molar refractivity (Wildman–Crippen MR) is 114 cm³/mol. The van der Waals surface area contributed by atoms with Crippen LogP contribution in [-0.4, -0.2) is 38.4 Å². The Morgan fingerprint density at radius 1 is 1.12 bits per heavy atom. The molecule has 10 heteroatoms. The van der Waals surface area contributed by atoms with Crippen LogP contribution in [0.1, 0.15) is 16.1 Å². The van der Waals surface area contributed by atoms with E-state index in [9.17, 15) is 22.4 Å². The summed E-state index contributed by atoms with van der Waals surface area (Å²) in [5, 5.41) is 0. The van der Waals surface area contributed by atoms with Crippen LogP contribution < -0.4 is 15.1 Å². The first-order valence-electron chi connectivity index (χ1n) is 9.66. The molecule has 8 nitrogen and oxygen atoms in total. The zero-order valence-electron chi connectivity index (χ0n) is 16.9. The summed E-state index contributed by atoms with van der Waals surface area (Å²) in [7, 11) is -4.01. The molecule has 1 aromatic heterocycles. The lowest BCUT2D eigenvalue weighted by molar-refractivity contribution is 0.0175. The van der Waals surface area contributed by atoms with Crippen LogP contribution in [0.5, 0.6) is 5.75 Å². The minimum atomic E-state index is -4.01. The van der Waals surface area contributed by atoms with E-state index in [2.05, 4.69) is 4.72 Å². The van der Waals surface area contributed by atoms with Crippen LogP contribution in [-0.2, 0) is 10.0 Å². The van der Waals surface area contributed by atoms with Gasteiger partial charge in [0, 0.05) is 17.3 Å². The number of nitrogens with zero attached hydrogens (tertiary/aromatic N) is 1. The van der Waals surface area contributed by atoms with Gasteiger partial charge in [-0.2, -0.15) is 0 Å². The first-order valence-corrected chi connectivity index (χ1v) is 11.1. The van der Waals surface area contributed by atoms with Gasteiger partial charge in [0.25, 0.3) is 15.9 Å². The SMILES string of the molecule is Cc1cc(OC2CN(C(=O)c3cccc(NS(=O)(=O)c4cccc(F)c4)c3)C2)cc(=O)o1. The maximum absolute atomic E-state index is 13.4. The van der Waals surface area contributed by atoms with Gasteiger partial charge >= 0.3 is 5.63 Å². The number of anilines is 1. The van der Waals surface area contributed by atoms with Crippen LogP contribution in [0.3, 0.4) is 0 Å². The molecule has 0 radical (unpaired) electrons. The third kappa shape index (κ3) is 4.80. The summed E-state index contributed by atoms with van der Waals surface area (Å²) < 4.78 is 51.3. The summed E-state index contributed by atoms with van der Waals surface area (Å²) in [4.78, 5) is 25.5. The van der Waals surface area contributed by atoms with Crippen LogP contribution in [0.2, 0.25) is 0 Å². The molecule has 0 aliphatic carbocycles. The van der Waals surface area contributed by atoms with Gasteiger partial charge in [-0.15, -0.1) is 0 Å². The predicted octanol–water partition coefficient (Wildman–Crippen LogP) is 2.79. The number of nitrogens with one attached hydrogen (secondary N) is 1. The molecule has 0 saturated carbocycles. The van der Waals surface area contributed by atoms with Gasteiger partial charge in [0.2, 0.25) is 0 Å². The van der Waals surface area contributed by atoms with Gasteiger partial charge in [-0.1, -0.05) is 12.1 Å². The van der Waals surface area contributed by atoms with Crippen molar-refractivity contribution in [3.8, 4) is 5.75 Å². The van der Waals surface area contributed by atoms with Gasteiger partial charge in [0.1, 0.15) is 23.4 Å². The normalized spacial score (nSPS) is 14.0. The highest BCUT2D eigenvalue weighted by Crippen LogP contribution is 2.22. The number of hydrogen-bond donors (Lipinski definition) is 1. The zero-order valence-corrected chi connectivity index (χ0v) is 17.8. The molecule has 2 aromatic carbocycles. The van der Waals surface area contributed by atoms with Crippen molar-refractivity contribution < 1.29 is 26.8 Å². The summed E-state index contributed by atoms with van der Waals surface area (Å²) in [5.74, 6) is -0.153. The molecular formula is C22H19FN2O6S. The molecule has 1 saturated heterocycles. The second-order valence-electron chi connectivity index (χ2n) is 7.32. The van der Waals surface area contributed by atoms with Gasteiger partial charge in [-0.3, -0.25) is 9.52 Å². The molecular weight excluding hydrogens is 439 g/mol. The van der Waals surface area contributed by atoms with E-state index in [1.807, 2.05) is 0 Å². The number of likely N-dealkylation sites (tertiary alicyclic amines) is 1. The number of carbonyl (C=O) groups excluding carboxylic acids is 1. The van der Waals surface area contributed by atoms with E-state index in [0.29, 0.717) is 30.2 Å². The van der Waals surface area contributed by atoms with E-state index < -0.39 is 21.5 Å². The van der Waals surface area contributed by atoms with E-state index in [1.165, 1.54) is 30.3 Å². The standard InChI is InChI=1S/C22H19FN2O6S/c1-14-8-18(11-21(26)30-14)31-19-12-25(13-19)22(27)15-4-2-6-17(9-15)24-32(28,29)20-7-3-5-16(23)10-20/h2-11,19,24H,12-13H2,1H3. The van der Waals surface area contributed by atoms with Crippen molar-refractivity contribution in [2.45, 2.75) is 17.9 Å². The zero-order chi connectivity index (χ0) is 22.9. The van der Waals surface area contributed by atoms with Gasteiger partial charge in [0.05, 0.1) is 24.1 Å². The van der Waals surface area contributed by atoms with E-state index in [0.717, 1.165) is 12.1 Å². The number of amides is 1. The molecule has 2 heterocycles. The molecule has 1 fully saturated rings. The largest absolute Gasteiger partial charge is 0.486 e. The Kier molecular flexibility index (Phi) is 5.70. The van der Waals surface area contributed by atoms with Gasteiger partial charge < -0.3 is 14.1 Å². The third-order valence-corrected chi connectivity index (χ3v) is 6.15. The Labute approximate surface area is 183 Å². The Morgan fingerprint density at radius 2 is 1.88 bits per heavy atom. The van der Waals surface area contributed by atoms with Crippen LogP contribution in [0.4, 0.5) is 10.1 Å². The number of benzene rings is 2. The Hall–Kier alpha value is -3.66. The summed E-state index contributed by atoms with van der Waals surface area (Å²) in [6.07, 6.45) is -0.269. The summed E-state index contributed by atoms with van der Waals surface area (Å²) >= 11 is 0. The van der Waals surface area contributed by atoms with Crippen molar-refractivity contribution in [2.24, 2.45) is 0 Å². The van der Waals surface area contributed by atoms with Crippen molar-refractivity contribution >= 4 is 21.6 Å². The maximum atomic E-state index is 13.4. The molecule has 0 atom stereocenters. The number of halogens is 1. The monoisotopic (exact) mass is 458 g/mol. The Morgan fingerprint density at radius 3 is 2.59 bits per heavy atom. The van der Waals surface area contributed by atoms with Crippen LogP contribution >= 0.6 is 0 Å². The van der Waals surface area contributed by atoms with Gasteiger partial charge in [0.15, 0.2) is 0 Å². The molecule has 1 amide bonds. The Balaban J connectivity index is 1.40. The number of carbonyl (C=O) groups is 1. The van der Waals surface area contributed by atoms with Crippen molar-refractivity contribution in [1.29, 1.82) is 0 Å². The number of hydrogen-bond acceptors (Lipinski definition) is 6. The summed E-state index contributed by atoms with van der Waals surface area (Å²) in [5.41, 5.74) is -0.0382. The first kappa shape index (κ1) is 21.6. The highest BCUT2D eigenvalue weighted by molar-refractivity contribution is 7.92. The lowest BCUT2D eigenvalue weighted by atomic mass is 10.1. The number of ether oxygens (including phenoxy) is 1. The number of aryl methyl sites for hydroxylation is 1. The molecule has 0 bridgehead atoms. The maximum Gasteiger partial charge on any atom is 0.339 e. The topological polar surface area (TPSA) is 106 Å². The van der Waals surface area contributed by atoms with Gasteiger partial charge in [-0.05, 0) is 43.3 Å². The van der Waals surface area contributed by atoms with Crippen molar-refractivity contribution in [3.05, 3.63) is 88.2 Å². The van der Waals surface area contributed by atoms with Crippen molar-refractivity contribution in [1.82, 2.24) is 4.90 Å². The Bertz CT molecular complexity index is 1330. The lowest BCUT2D eigenvalue weighted by Crippen LogP contribution is -2.56. The molecule has 0 spiro atoms. The average Bonchev–Trinajstić information content (AvgIpc) is 2.69. The van der Waals surface area contributed by atoms with Crippen LogP contribution in [0.15, 0.2) is 74.8 Å². The summed E-state index contributed by atoms with van der Waals surface area (Å²) in [6, 6.07) is 13.5. The molecule has 0 unspecified atom stereocenters. The highest BCUT2D eigenvalue weighted by Gasteiger charge is 2.33. The number of rotatable bonds is 6. The fraction of sp³-hybridized carbons (Fsp3) is 0.182. The number of sulfonamides is 1. The fourth-order valence-corrected chi connectivity index (χ4v) is 4.34. The van der Waals surface area contributed by atoms with Crippen LogP contribution in [0.25, 0.3) is 0 Å². The van der Waals surface area contributed by atoms with Crippen molar-refractivity contribution in [3.63, 3.8) is 0 Å². The van der Waals surface area contributed by atoms with E-state index in [4.69, 9.17) is 9.15 Å². The van der Waals surface area contributed by atoms with Crippen LogP contribution in [0, 0.1) is 12.7 Å². The highest BCUT2D eigenvalue weighted by atomic mass is 32.2. The summed E-state index contributed by atoms with van der Waals surface area (Å²) in [6.45, 7) is 2.27. The average molecular weight is 458 g/mol. The van der Waals surface area contributed by atoms with Gasteiger partial charge in [-0.25, -0.2) is 17.6 Å². The van der Waals surface area contributed by atoms with Crippen molar-refractivity contribution in [2.75, 3.05) is 17.8 Å². The molecule has 1 N–H and O–H groups in total. The molecule has 32 heavy (non-hydrogen) atoms. The molecule has 1 aliphatic rings.